The summed E-state index contributed by atoms with van der Waals surface area (Å²) in [5.74, 6) is 0.107. The molecule has 0 radical (unpaired) electrons. The van der Waals surface area contributed by atoms with Crippen LogP contribution in [0.1, 0.15) is 34.7 Å². The largest absolute Gasteiger partial charge is 0.500 e. The first-order valence-corrected chi connectivity index (χ1v) is 13.0. The van der Waals surface area contributed by atoms with E-state index in [0.29, 0.717) is 14.9 Å². The average Bonchev–Trinajstić information content (AvgIpc) is 3.26. The molecule has 9 nitrogen and oxygen atoms in total. The molecule has 2 heterocycles. The van der Waals surface area contributed by atoms with Crippen molar-refractivity contribution in [1.82, 2.24) is 4.57 Å². The van der Waals surface area contributed by atoms with E-state index in [0.717, 1.165) is 41.0 Å². The number of aromatic hydroxyl groups is 1. The van der Waals surface area contributed by atoms with Crippen LogP contribution in [0.4, 0.5) is 5.69 Å². The van der Waals surface area contributed by atoms with Crippen LogP contribution in [-0.2, 0) is 6.42 Å². The number of phenolic OH excluding ortho intramolecular Hbond substituents is 1. The standard InChI is InChI=1S/C29H23N3O6S/c1-37-19-10-7-18(8-11-19)26-21-12-9-17-5-3-4-6-20(17)25(21)30-29-31(26)28(34)24(39-29)15-16-13-22(32(35)36)27(33)23(14-16)38-2/h3-8,10-11,13-15,26,33H,9,12H2,1-2H3/b24-15-/t26-/m0/s1. The van der Waals surface area contributed by atoms with Gasteiger partial charge in [-0.25, -0.2) is 4.99 Å². The first-order valence-electron chi connectivity index (χ1n) is 12.2. The SMILES string of the molecule is COc1ccc([C@H]2C3=C(N=c4s/c(=C\c5cc(OC)c(O)c([N+](=O)[O-])c5)c(=O)n42)c2ccccc2CC3)cc1. The fourth-order valence-electron chi connectivity index (χ4n) is 5.25. The molecule has 0 unspecified atom stereocenters. The van der Waals surface area contributed by atoms with Crippen LogP contribution in [0.15, 0.2) is 76.0 Å². The minimum atomic E-state index is -0.689. The zero-order chi connectivity index (χ0) is 27.3. The summed E-state index contributed by atoms with van der Waals surface area (Å²) in [5, 5.41) is 21.7. The van der Waals surface area contributed by atoms with E-state index >= 15 is 0 Å². The summed E-state index contributed by atoms with van der Waals surface area (Å²) in [4.78, 5) is 30.2. The molecule has 0 saturated carbocycles. The van der Waals surface area contributed by atoms with E-state index < -0.39 is 16.4 Å². The summed E-state index contributed by atoms with van der Waals surface area (Å²) in [5.41, 5.74) is 4.78. The van der Waals surface area contributed by atoms with E-state index in [1.807, 2.05) is 36.4 Å². The first-order chi connectivity index (χ1) is 18.9. The Hall–Kier alpha value is -4.70. The molecule has 196 valence electrons. The Balaban J connectivity index is 1.59. The molecule has 1 atom stereocenters. The molecule has 1 aliphatic carbocycles. The molecule has 1 aromatic heterocycles. The molecule has 0 bridgehead atoms. The number of allylic oxidation sites excluding steroid dienone is 1. The summed E-state index contributed by atoms with van der Waals surface area (Å²) < 4.78 is 12.5. The molecule has 0 spiro atoms. The van der Waals surface area contributed by atoms with Crippen molar-refractivity contribution < 1.29 is 19.5 Å². The lowest BCUT2D eigenvalue weighted by Gasteiger charge is -2.30. The lowest BCUT2D eigenvalue weighted by Crippen LogP contribution is -2.38. The number of hydrogen-bond acceptors (Lipinski definition) is 8. The van der Waals surface area contributed by atoms with Crippen molar-refractivity contribution in [2.75, 3.05) is 14.2 Å². The van der Waals surface area contributed by atoms with Gasteiger partial charge in [0.2, 0.25) is 5.75 Å². The number of nitrogens with zero attached hydrogens (tertiary/aromatic N) is 3. The van der Waals surface area contributed by atoms with Crippen LogP contribution >= 0.6 is 11.3 Å². The maximum absolute atomic E-state index is 13.9. The van der Waals surface area contributed by atoms with Gasteiger partial charge in [0.15, 0.2) is 10.6 Å². The van der Waals surface area contributed by atoms with Crippen LogP contribution in [0.25, 0.3) is 11.8 Å². The Bertz CT molecular complexity index is 1850. The van der Waals surface area contributed by atoms with Crippen molar-refractivity contribution in [2.45, 2.75) is 18.9 Å². The molecule has 0 fully saturated rings. The van der Waals surface area contributed by atoms with Crippen molar-refractivity contribution >= 4 is 28.8 Å². The number of phenols is 1. The summed E-state index contributed by atoms with van der Waals surface area (Å²) in [7, 11) is 2.92. The van der Waals surface area contributed by atoms with Crippen molar-refractivity contribution in [3.63, 3.8) is 0 Å². The summed E-state index contributed by atoms with van der Waals surface area (Å²) in [6.45, 7) is 0. The molecule has 2 aliphatic rings. The van der Waals surface area contributed by atoms with E-state index in [-0.39, 0.29) is 17.4 Å². The maximum atomic E-state index is 13.9. The van der Waals surface area contributed by atoms with Gasteiger partial charge in [-0.05, 0) is 59.4 Å². The Morgan fingerprint density at radius 3 is 2.59 bits per heavy atom. The van der Waals surface area contributed by atoms with E-state index in [1.165, 1.54) is 36.1 Å². The van der Waals surface area contributed by atoms with Gasteiger partial charge in [0, 0.05) is 11.6 Å². The Kier molecular flexibility index (Phi) is 6.03. The number of rotatable bonds is 5. The quantitative estimate of drug-likeness (QED) is 0.302. The highest BCUT2D eigenvalue weighted by Crippen LogP contribution is 2.41. The van der Waals surface area contributed by atoms with Gasteiger partial charge in [-0.1, -0.05) is 47.7 Å². The normalized spacial score (nSPS) is 16.2. The molecule has 4 aromatic rings. The van der Waals surface area contributed by atoms with Crippen LogP contribution in [0, 0.1) is 10.1 Å². The molecule has 1 N–H and O–H groups in total. The minimum absolute atomic E-state index is 0.0496. The number of nitro benzene ring substituents is 1. The Labute approximate surface area is 226 Å². The lowest BCUT2D eigenvalue weighted by molar-refractivity contribution is -0.386. The van der Waals surface area contributed by atoms with Crippen molar-refractivity contribution in [3.8, 4) is 17.2 Å². The van der Waals surface area contributed by atoms with Gasteiger partial charge in [-0.3, -0.25) is 19.5 Å². The second kappa shape index (κ2) is 9.55. The molecule has 10 heteroatoms. The third-order valence-electron chi connectivity index (χ3n) is 7.10. The number of hydrogen-bond donors (Lipinski definition) is 1. The number of methoxy groups -OCH3 is 2. The molecule has 6 rings (SSSR count). The summed E-state index contributed by atoms with van der Waals surface area (Å²) in [6.07, 6.45) is 3.18. The van der Waals surface area contributed by atoms with Crippen molar-refractivity contribution in [2.24, 2.45) is 4.99 Å². The highest BCUT2D eigenvalue weighted by Gasteiger charge is 2.32. The zero-order valence-corrected chi connectivity index (χ0v) is 21.9. The third kappa shape index (κ3) is 4.09. The number of fused-ring (bicyclic) bond motifs is 3. The van der Waals surface area contributed by atoms with E-state index in [2.05, 4.69) is 12.1 Å². The number of nitro groups is 1. The van der Waals surface area contributed by atoms with Gasteiger partial charge in [0.05, 0.1) is 35.4 Å². The second-order valence-corrected chi connectivity index (χ2v) is 10.2. The van der Waals surface area contributed by atoms with Gasteiger partial charge >= 0.3 is 5.69 Å². The fourth-order valence-corrected chi connectivity index (χ4v) is 6.25. The highest BCUT2D eigenvalue weighted by molar-refractivity contribution is 7.07. The van der Waals surface area contributed by atoms with Crippen LogP contribution < -0.4 is 24.4 Å². The predicted molar refractivity (Wildman–Crippen MR) is 147 cm³/mol. The van der Waals surface area contributed by atoms with Gasteiger partial charge in [-0.2, -0.15) is 0 Å². The van der Waals surface area contributed by atoms with Crippen LogP contribution in [0.3, 0.4) is 0 Å². The van der Waals surface area contributed by atoms with Gasteiger partial charge in [0.1, 0.15) is 5.75 Å². The van der Waals surface area contributed by atoms with Crippen LogP contribution in [0.5, 0.6) is 17.2 Å². The molecular weight excluding hydrogens is 518 g/mol. The topological polar surface area (TPSA) is 116 Å². The fraction of sp³-hybridized carbons (Fsp3) is 0.172. The Morgan fingerprint density at radius 2 is 1.87 bits per heavy atom. The smallest absolute Gasteiger partial charge is 0.315 e. The predicted octanol–water partition coefficient (Wildman–Crippen LogP) is 3.95. The zero-order valence-electron chi connectivity index (χ0n) is 21.1. The number of aromatic nitrogens is 1. The molecule has 39 heavy (non-hydrogen) atoms. The monoisotopic (exact) mass is 541 g/mol. The number of ether oxygens (including phenoxy) is 2. The summed E-state index contributed by atoms with van der Waals surface area (Å²) in [6, 6.07) is 18.2. The van der Waals surface area contributed by atoms with Crippen molar-refractivity contribution in [1.29, 1.82) is 0 Å². The average molecular weight is 542 g/mol. The number of benzene rings is 3. The highest BCUT2D eigenvalue weighted by atomic mass is 32.1. The third-order valence-corrected chi connectivity index (χ3v) is 8.08. The molecular formula is C29H23N3O6S. The van der Waals surface area contributed by atoms with Crippen LogP contribution in [-0.4, -0.2) is 28.8 Å². The van der Waals surface area contributed by atoms with Gasteiger partial charge < -0.3 is 14.6 Å². The van der Waals surface area contributed by atoms with Crippen LogP contribution in [0.2, 0.25) is 0 Å². The van der Waals surface area contributed by atoms with E-state index in [4.69, 9.17) is 14.5 Å². The van der Waals surface area contributed by atoms with E-state index in [9.17, 15) is 20.0 Å². The first kappa shape index (κ1) is 24.6. The van der Waals surface area contributed by atoms with Gasteiger partial charge in [0.25, 0.3) is 5.56 Å². The maximum Gasteiger partial charge on any atom is 0.315 e. The van der Waals surface area contributed by atoms with E-state index in [1.54, 1.807) is 17.8 Å². The molecule has 1 aliphatic heterocycles. The number of aryl methyl sites for hydroxylation is 1. The molecule has 0 saturated heterocycles. The molecule has 0 amide bonds. The number of thiazole rings is 1. The second-order valence-electron chi connectivity index (χ2n) is 9.23. The minimum Gasteiger partial charge on any atom is -0.500 e. The Morgan fingerprint density at radius 1 is 1.10 bits per heavy atom. The van der Waals surface area contributed by atoms with Crippen molar-refractivity contribution in [3.05, 3.63) is 118 Å². The molecule has 3 aromatic carbocycles. The lowest BCUT2D eigenvalue weighted by atomic mass is 9.83. The summed E-state index contributed by atoms with van der Waals surface area (Å²) >= 11 is 1.22. The van der Waals surface area contributed by atoms with Gasteiger partial charge in [-0.15, -0.1) is 0 Å².